The van der Waals surface area contributed by atoms with Crippen molar-refractivity contribution in [3.8, 4) is 33.8 Å². The van der Waals surface area contributed by atoms with E-state index in [4.69, 9.17) is 9.72 Å². The molecule has 7 heteroatoms. The average Bonchev–Trinajstić information content (AvgIpc) is 3.84. The standard InChI is InChI=1S/C40H24N6O/c1-3-7-25(8-4-1)29-15-16-34-36(35(29)26-9-5-2-6-10-26)30-13-11-27(23-32(30)38-43-19-21-45(34)38)47-28-12-14-31-33(24-28)39-44-20-22-46(39)40-37(31)41-17-18-42-40/h1-24H. The largest absolute Gasteiger partial charge is 0.457 e. The van der Waals surface area contributed by atoms with Crippen LogP contribution >= 0.6 is 0 Å². The predicted molar refractivity (Wildman–Crippen MR) is 187 cm³/mol. The monoisotopic (exact) mass is 604 g/mol. The molecule has 5 aromatic carbocycles. The molecule has 0 fully saturated rings. The van der Waals surface area contributed by atoms with Gasteiger partial charge in [-0.25, -0.2) is 15.0 Å². The summed E-state index contributed by atoms with van der Waals surface area (Å²) in [6, 6.07) is 38.0. The zero-order valence-electron chi connectivity index (χ0n) is 24.9. The van der Waals surface area contributed by atoms with Gasteiger partial charge in [-0.2, -0.15) is 0 Å². The second-order valence-corrected chi connectivity index (χ2v) is 11.6. The number of ether oxygens (including phenoxy) is 1. The smallest absolute Gasteiger partial charge is 0.165 e. The van der Waals surface area contributed by atoms with Crippen LogP contribution in [0.4, 0.5) is 0 Å². The molecule has 0 unspecified atom stereocenters. The van der Waals surface area contributed by atoms with Crippen LogP contribution in [-0.2, 0) is 0 Å². The predicted octanol–water partition coefficient (Wildman–Crippen LogP) is 9.51. The second-order valence-electron chi connectivity index (χ2n) is 11.6. The summed E-state index contributed by atoms with van der Waals surface area (Å²) in [4.78, 5) is 18.6. The van der Waals surface area contributed by atoms with Crippen LogP contribution in [0.1, 0.15) is 0 Å². The zero-order chi connectivity index (χ0) is 30.9. The first kappa shape index (κ1) is 25.7. The fraction of sp³-hybridized carbons (Fsp3) is 0. The Morgan fingerprint density at radius 3 is 1.85 bits per heavy atom. The van der Waals surface area contributed by atoms with Gasteiger partial charge in [0.25, 0.3) is 0 Å². The first-order chi connectivity index (χ1) is 23.3. The lowest BCUT2D eigenvalue weighted by molar-refractivity contribution is 0.484. The van der Waals surface area contributed by atoms with Crippen molar-refractivity contribution in [3.05, 3.63) is 146 Å². The van der Waals surface area contributed by atoms with E-state index in [9.17, 15) is 0 Å². The van der Waals surface area contributed by atoms with E-state index in [2.05, 4.69) is 104 Å². The first-order valence-electron chi connectivity index (χ1n) is 15.5. The molecule has 0 atom stereocenters. The van der Waals surface area contributed by atoms with Crippen molar-refractivity contribution in [1.29, 1.82) is 0 Å². The van der Waals surface area contributed by atoms with E-state index in [0.29, 0.717) is 5.75 Å². The molecular formula is C40H24N6O. The molecule has 7 nitrogen and oxygen atoms in total. The molecule has 47 heavy (non-hydrogen) atoms. The van der Waals surface area contributed by atoms with Crippen LogP contribution in [-0.4, -0.2) is 28.7 Å². The first-order valence-corrected chi connectivity index (χ1v) is 15.5. The van der Waals surface area contributed by atoms with Crippen LogP contribution in [0.3, 0.4) is 0 Å². The molecule has 0 saturated heterocycles. The topological polar surface area (TPSA) is 69.6 Å². The van der Waals surface area contributed by atoms with Crippen LogP contribution in [0.2, 0.25) is 0 Å². The Kier molecular flexibility index (Phi) is 5.44. The molecule has 5 aromatic heterocycles. The summed E-state index contributed by atoms with van der Waals surface area (Å²) < 4.78 is 10.7. The van der Waals surface area contributed by atoms with Gasteiger partial charge in [0, 0.05) is 58.7 Å². The van der Waals surface area contributed by atoms with Gasteiger partial charge in [-0.3, -0.25) is 13.8 Å². The molecule has 0 spiro atoms. The summed E-state index contributed by atoms with van der Waals surface area (Å²) in [5.41, 5.74) is 9.11. The van der Waals surface area contributed by atoms with E-state index in [0.717, 1.165) is 60.8 Å². The van der Waals surface area contributed by atoms with Gasteiger partial charge in [0.05, 0.1) is 5.52 Å². The van der Waals surface area contributed by atoms with Gasteiger partial charge in [0.2, 0.25) is 0 Å². The number of rotatable bonds is 4. The average molecular weight is 605 g/mol. The van der Waals surface area contributed by atoms with Crippen molar-refractivity contribution in [1.82, 2.24) is 28.7 Å². The Labute approximate surface area is 268 Å². The summed E-state index contributed by atoms with van der Waals surface area (Å²) >= 11 is 0. The van der Waals surface area contributed by atoms with Crippen LogP contribution in [0.15, 0.2) is 146 Å². The van der Waals surface area contributed by atoms with E-state index in [1.165, 1.54) is 22.1 Å². The Morgan fingerprint density at radius 1 is 0.468 bits per heavy atom. The lowest BCUT2D eigenvalue weighted by Gasteiger charge is -2.18. The molecule has 0 aliphatic rings. The number of benzene rings is 5. The molecule has 220 valence electrons. The van der Waals surface area contributed by atoms with Crippen molar-refractivity contribution in [2.24, 2.45) is 0 Å². The van der Waals surface area contributed by atoms with Gasteiger partial charge in [0.1, 0.15) is 28.3 Å². The van der Waals surface area contributed by atoms with Gasteiger partial charge in [-0.15, -0.1) is 0 Å². The number of aromatic nitrogens is 6. The maximum atomic E-state index is 6.57. The van der Waals surface area contributed by atoms with E-state index >= 15 is 0 Å². The SMILES string of the molecule is c1ccc(-c2ccc3c(c2-c2ccccc2)c2ccc(Oc4ccc5c(c4)c4nccn4c4nccnc54)cc2c2nccn32)cc1. The van der Waals surface area contributed by atoms with Gasteiger partial charge in [-0.1, -0.05) is 66.7 Å². The molecule has 0 radical (unpaired) electrons. The van der Waals surface area contributed by atoms with Crippen molar-refractivity contribution in [2.75, 3.05) is 0 Å². The maximum Gasteiger partial charge on any atom is 0.165 e. The molecule has 0 amide bonds. The molecule has 0 aliphatic heterocycles. The summed E-state index contributed by atoms with van der Waals surface area (Å²) in [6.07, 6.45) is 11.0. The van der Waals surface area contributed by atoms with Crippen molar-refractivity contribution in [3.63, 3.8) is 0 Å². The van der Waals surface area contributed by atoms with E-state index < -0.39 is 0 Å². The minimum absolute atomic E-state index is 0.710. The normalized spacial score (nSPS) is 11.8. The lowest BCUT2D eigenvalue weighted by atomic mass is 9.89. The lowest BCUT2D eigenvalue weighted by Crippen LogP contribution is -1.96. The number of hydrogen-bond donors (Lipinski definition) is 0. The molecule has 0 saturated carbocycles. The number of hydrogen-bond acceptors (Lipinski definition) is 5. The number of fused-ring (bicyclic) bond motifs is 12. The van der Waals surface area contributed by atoms with Gasteiger partial charge in [-0.05, 0) is 70.1 Å². The van der Waals surface area contributed by atoms with Gasteiger partial charge in [0.15, 0.2) is 5.65 Å². The van der Waals surface area contributed by atoms with Crippen LogP contribution in [0.5, 0.6) is 11.5 Å². The van der Waals surface area contributed by atoms with E-state index in [1.54, 1.807) is 18.6 Å². The van der Waals surface area contributed by atoms with Crippen LogP contribution in [0.25, 0.3) is 77.2 Å². The fourth-order valence-electron chi connectivity index (χ4n) is 7.00. The minimum Gasteiger partial charge on any atom is -0.457 e. The van der Waals surface area contributed by atoms with Crippen molar-refractivity contribution >= 4 is 54.9 Å². The number of imidazole rings is 2. The third kappa shape index (κ3) is 3.87. The van der Waals surface area contributed by atoms with Crippen LogP contribution < -0.4 is 4.74 Å². The van der Waals surface area contributed by atoms with Crippen molar-refractivity contribution in [2.45, 2.75) is 0 Å². The number of pyridine rings is 2. The molecule has 0 aliphatic carbocycles. The molecule has 10 rings (SSSR count). The molecule has 5 heterocycles. The van der Waals surface area contributed by atoms with Crippen LogP contribution in [0, 0.1) is 0 Å². The van der Waals surface area contributed by atoms with Gasteiger partial charge >= 0.3 is 0 Å². The Hall–Kier alpha value is -6.60. The Morgan fingerprint density at radius 2 is 1.09 bits per heavy atom. The Balaban J connectivity index is 1.19. The van der Waals surface area contributed by atoms with Crippen molar-refractivity contribution < 1.29 is 4.74 Å². The fourth-order valence-corrected chi connectivity index (χ4v) is 7.00. The summed E-state index contributed by atoms with van der Waals surface area (Å²) in [5, 5.41) is 5.23. The molecular weight excluding hydrogens is 580 g/mol. The summed E-state index contributed by atoms with van der Waals surface area (Å²) in [5.74, 6) is 1.43. The molecule has 0 N–H and O–H groups in total. The maximum absolute atomic E-state index is 6.57. The minimum atomic E-state index is 0.710. The van der Waals surface area contributed by atoms with E-state index in [-0.39, 0.29) is 0 Å². The highest BCUT2D eigenvalue weighted by atomic mass is 16.5. The number of nitrogens with zero attached hydrogens (tertiary/aromatic N) is 6. The third-order valence-electron chi connectivity index (χ3n) is 9.00. The summed E-state index contributed by atoms with van der Waals surface area (Å²) in [7, 11) is 0. The molecule has 10 aromatic rings. The third-order valence-corrected chi connectivity index (χ3v) is 9.00. The highest BCUT2D eigenvalue weighted by Gasteiger charge is 2.19. The summed E-state index contributed by atoms with van der Waals surface area (Å²) in [6.45, 7) is 0. The highest BCUT2D eigenvalue weighted by molar-refractivity contribution is 6.19. The Bertz CT molecular complexity index is 2820. The van der Waals surface area contributed by atoms with Gasteiger partial charge < -0.3 is 4.74 Å². The van der Waals surface area contributed by atoms with E-state index in [1.807, 2.05) is 47.3 Å². The molecule has 0 bridgehead atoms. The second kappa shape index (κ2) is 9.95. The quantitative estimate of drug-likeness (QED) is 0.187. The highest BCUT2D eigenvalue weighted by Crippen LogP contribution is 2.43. The zero-order valence-corrected chi connectivity index (χ0v) is 24.9.